The van der Waals surface area contributed by atoms with Crippen molar-refractivity contribution >= 4 is 42.5 Å². The number of halogens is 1. The van der Waals surface area contributed by atoms with Crippen molar-refractivity contribution in [1.29, 1.82) is 0 Å². The molecule has 0 saturated heterocycles. The van der Waals surface area contributed by atoms with Crippen molar-refractivity contribution in [1.82, 2.24) is 29.7 Å². The van der Waals surface area contributed by atoms with Gasteiger partial charge in [-0.1, -0.05) is 56.0 Å². The first-order valence-electron chi connectivity index (χ1n) is 12.8. The highest BCUT2D eigenvalue weighted by Crippen LogP contribution is 2.43. The van der Waals surface area contributed by atoms with E-state index in [2.05, 4.69) is 41.4 Å². The number of amides is 2. The maximum Gasteiger partial charge on any atom is 0.411 e. The number of nitrogens with zero attached hydrogens (tertiary/aromatic N) is 6. The summed E-state index contributed by atoms with van der Waals surface area (Å²) in [7, 11) is -1.27. The van der Waals surface area contributed by atoms with E-state index in [9.17, 15) is 9.59 Å². The van der Waals surface area contributed by atoms with Crippen LogP contribution in [0.4, 0.5) is 9.59 Å². The average Bonchev–Trinajstić information content (AvgIpc) is 3.59. The van der Waals surface area contributed by atoms with E-state index < -0.39 is 31.6 Å². The van der Waals surface area contributed by atoms with Crippen molar-refractivity contribution in [3.63, 3.8) is 0 Å². The van der Waals surface area contributed by atoms with Gasteiger partial charge in [-0.2, -0.15) is 5.06 Å². The van der Waals surface area contributed by atoms with Crippen molar-refractivity contribution in [2.24, 2.45) is 0 Å². The molecule has 11 nitrogen and oxygen atoms in total. The summed E-state index contributed by atoms with van der Waals surface area (Å²) in [5.41, 5.74) is 3.01. The Kier molecular flexibility index (Phi) is 10.1. The first-order chi connectivity index (χ1) is 19.2. The SMILES string of the molecule is C=CCON(C(=O)Cl)C1CN(C(=O)OCc2ccccc2)C(c2nncn2COCC[Si](C)(C)C)c2ncsc21. The van der Waals surface area contributed by atoms with Crippen LogP contribution < -0.4 is 0 Å². The van der Waals surface area contributed by atoms with E-state index in [0.29, 0.717) is 23.0 Å². The number of ether oxygens (including phenoxy) is 2. The number of thiazole rings is 1. The molecule has 1 aliphatic rings. The molecule has 40 heavy (non-hydrogen) atoms. The minimum atomic E-state index is -1.27. The maximum absolute atomic E-state index is 13.6. The highest BCUT2D eigenvalue weighted by Gasteiger charge is 2.45. The van der Waals surface area contributed by atoms with Crippen LogP contribution in [-0.4, -0.2) is 69.0 Å². The van der Waals surface area contributed by atoms with Gasteiger partial charge in [0.25, 0.3) is 0 Å². The molecule has 0 N–H and O–H groups in total. The topological polar surface area (TPSA) is 112 Å². The monoisotopic (exact) mass is 604 g/mol. The van der Waals surface area contributed by atoms with Gasteiger partial charge >= 0.3 is 11.5 Å². The molecule has 1 aromatic carbocycles. The van der Waals surface area contributed by atoms with Gasteiger partial charge < -0.3 is 9.47 Å². The molecule has 214 valence electrons. The number of benzene rings is 1. The zero-order valence-corrected chi connectivity index (χ0v) is 25.3. The molecular weight excluding hydrogens is 572 g/mol. The molecule has 2 unspecified atom stereocenters. The van der Waals surface area contributed by atoms with Crippen LogP contribution in [0.15, 0.2) is 54.8 Å². The first kappa shape index (κ1) is 29.9. The minimum absolute atomic E-state index is 0.0203. The third-order valence-corrected chi connectivity index (χ3v) is 9.03. The van der Waals surface area contributed by atoms with Gasteiger partial charge in [0, 0.05) is 14.7 Å². The minimum Gasteiger partial charge on any atom is -0.445 e. The second kappa shape index (κ2) is 13.5. The van der Waals surface area contributed by atoms with E-state index in [0.717, 1.165) is 16.7 Å². The van der Waals surface area contributed by atoms with Gasteiger partial charge in [0.15, 0.2) is 5.82 Å². The van der Waals surface area contributed by atoms with Crippen molar-refractivity contribution < 1.29 is 23.9 Å². The van der Waals surface area contributed by atoms with Crippen LogP contribution >= 0.6 is 22.9 Å². The second-order valence-corrected chi connectivity index (χ2v) is 17.2. The Bertz CT molecular complexity index is 1300. The standard InChI is InChI=1S/C26H33ClN6O5SSi/c1-5-11-38-33(25(27)34)20-14-32(26(35)37-15-19-9-7-6-8-10-19)22(21-23(20)39-17-28-21)24-30-29-16-31(24)18-36-12-13-40(2,3)4/h5-10,16-17,20,22H,1,11-15,18H2,2-4H3. The highest BCUT2D eigenvalue weighted by atomic mass is 35.5. The summed E-state index contributed by atoms with van der Waals surface area (Å²) in [6.45, 7) is 11.5. The molecule has 0 aliphatic carbocycles. The van der Waals surface area contributed by atoms with E-state index in [1.807, 2.05) is 30.3 Å². The summed E-state index contributed by atoms with van der Waals surface area (Å²) >= 11 is 7.25. The summed E-state index contributed by atoms with van der Waals surface area (Å²) in [6.07, 6.45) is 2.46. The lowest BCUT2D eigenvalue weighted by atomic mass is 10.0. The number of fused-ring (bicyclic) bond motifs is 1. The lowest BCUT2D eigenvalue weighted by Crippen LogP contribution is -2.48. The quantitative estimate of drug-likeness (QED) is 0.0655. The van der Waals surface area contributed by atoms with Crippen LogP contribution in [0.2, 0.25) is 25.7 Å². The Morgan fingerprint density at radius 2 is 2.05 bits per heavy atom. The predicted molar refractivity (Wildman–Crippen MR) is 153 cm³/mol. The summed E-state index contributed by atoms with van der Waals surface area (Å²) in [5, 5.41) is 8.67. The Hall–Kier alpha value is -3.10. The van der Waals surface area contributed by atoms with E-state index in [-0.39, 0.29) is 26.5 Å². The van der Waals surface area contributed by atoms with E-state index in [1.165, 1.54) is 22.3 Å². The van der Waals surface area contributed by atoms with Gasteiger partial charge in [0.05, 0.1) is 29.2 Å². The largest absolute Gasteiger partial charge is 0.445 e. The van der Waals surface area contributed by atoms with Crippen molar-refractivity contribution in [3.05, 3.63) is 76.8 Å². The van der Waals surface area contributed by atoms with Gasteiger partial charge in [-0.05, 0) is 23.2 Å². The highest BCUT2D eigenvalue weighted by molar-refractivity contribution is 7.09. The molecule has 2 aromatic heterocycles. The number of hydroxylamine groups is 2. The van der Waals surface area contributed by atoms with Crippen molar-refractivity contribution in [2.75, 3.05) is 19.8 Å². The zero-order chi connectivity index (χ0) is 28.7. The molecule has 0 spiro atoms. The molecule has 0 bridgehead atoms. The fourth-order valence-corrected chi connectivity index (χ4v) is 5.99. The van der Waals surface area contributed by atoms with Gasteiger partial charge in [0.1, 0.15) is 31.7 Å². The molecule has 4 rings (SSSR count). The smallest absolute Gasteiger partial charge is 0.411 e. The number of carbonyl (C=O) groups excluding carboxylic acids is 2. The van der Waals surface area contributed by atoms with E-state index in [1.54, 1.807) is 16.4 Å². The predicted octanol–water partition coefficient (Wildman–Crippen LogP) is 5.61. The molecule has 2 atom stereocenters. The number of hydrogen-bond acceptors (Lipinski definition) is 9. The summed E-state index contributed by atoms with van der Waals surface area (Å²) in [6, 6.07) is 8.91. The molecule has 1 aliphatic heterocycles. The summed E-state index contributed by atoms with van der Waals surface area (Å²) in [4.78, 5) is 38.4. The number of rotatable bonds is 12. The van der Waals surface area contributed by atoms with Crippen LogP contribution in [0.3, 0.4) is 0 Å². The molecule has 0 radical (unpaired) electrons. The van der Waals surface area contributed by atoms with Crippen molar-refractivity contribution in [2.45, 2.75) is 51.1 Å². The average molecular weight is 605 g/mol. The van der Waals surface area contributed by atoms with Crippen LogP contribution in [-0.2, 0) is 27.6 Å². The summed E-state index contributed by atoms with van der Waals surface area (Å²) in [5.74, 6) is 0.464. The molecule has 14 heteroatoms. The normalized spacial score (nSPS) is 16.9. The molecular formula is C26H33ClN6O5SSi. The fraction of sp³-hybridized carbons (Fsp3) is 0.423. The number of carbonyl (C=O) groups is 2. The Labute approximate surface area is 243 Å². The van der Waals surface area contributed by atoms with E-state index >= 15 is 0 Å². The summed E-state index contributed by atoms with van der Waals surface area (Å²) < 4.78 is 13.4. The third-order valence-electron chi connectivity index (χ3n) is 6.21. The zero-order valence-electron chi connectivity index (χ0n) is 22.7. The lowest BCUT2D eigenvalue weighted by molar-refractivity contribution is -0.134. The molecule has 3 heterocycles. The van der Waals surface area contributed by atoms with E-state index in [4.69, 9.17) is 25.9 Å². The van der Waals surface area contributed by atoms with Crippen LogP contribution in [0.25, 0.3) is 0 Å². The van der Waals surface area contributed by atoms with Crippen LogP contribution in [0, 0.1) is 0 Å². The molecule has 2 amide bonds. The maximum atomic E-state index is 13.6. The van der Waals surface area contributed by atoms with Gasteiger partial charge in [-0.3, -0.25) is 19.1 Å². The Morgan fingerprint density at radius 1 is 1.27 bits per heavy atom. The lowest BCUT2D eigenvalue weighted by Gasteiger charge is -2.40. The van der Waals surface area contributed by atoms with Crippen LogP contribution in [0.1, 0.15) is 34.0 Å². The third kappa shape index (κ3) is 7.34. The van der Waals surface area contributed by atoms with Gasteiger partial charge in [0.2, 0.25) is 0 Å². The molecule has 3 aromatic rings. The van der Waals surface area contributed by atoms with Gasteiger partial charge in [-0.15, -0.1) is 28.1 Å². The fourth-order valence-electron chi connectivity index (χ4n) is 4.18. The van der Waals surface area contributed by atoms with Gasteiger partial charge in [-0.25, -0.2) is 9.78 Å². The number of aromatic nitrogens is 4. The Morgan fingerprint density at radius 3 is 2.75 bits per heavy atom. The molecule has 0 saturated carbocycles. The van der Waals surface area contributed by atoms with Crippen LogP contribution in [0.5, 0.6) is 0 Å². The Balaban J connectivity index is 1.66. The number of hydrogen-bond donors (Lipinski definition) is 0. The molecule has 0 fully saturated rings. The second-order valence-electron chi connectivity index (χ2n) is 10.4. The first-order valence-corrected chi connectivity index (χ1v) is 17.7. The van der Waals surface area contributed by atoms with Crippen molar-refractivity contribution in [3.8, 4) is 0 Å².